The zero-order valence-electron chi connectivity index (χ0n) is 6.96. The summed E-state index contributed by atoms with van der Waals surface area (Å²) in [5, 5.41) is 7.30. The lowest BCUT2D eigenvalue weighted by atomic mass is 10.4. The van der Waals surface area contributed by atoms with E-state index in [2.05, 4.69) is 10.4 Å². The van der Waals surface area contributed by atoms with E-state index in [0.29, 0.717) is 6.54 Å². The summed E-state index contributed by atoms with van der Waals surface area (Å²) in [4.78, 5) is 0. The first-order chi connectivity index (χ1) is 5.24. The second-order valence-electron chi connectivity index (χ2n) is 2.51. The smallest absolute Gasteiger partial charge is 0.148 e. The number of aryl methyl sites for hydroxylation is 2. The standard InChI is InChI=1S/C7H14N4/c1-6-5-7(9-4-3-8)10-11(6)2/h5H,3-4,8H2,1-2H3,(H,9,10). The van der Waals surface area contributed by atoms with E-state index in [4.69, 9.17) is 5.73 Å². The number of nitrogens with one attached hydrogen (secondary N) is 1. The van der Waals surface area contributed by atoms with Crippen LogP contribution in [0.25, 0.3) is 0 Å². The number of aromatic nitrogens is 2. The van der Waals surface area contributed by atoms with Crippen LogP contribution in [0, 0.1) is 6.92 Å². The molecule has 0 unspecified atom stereocenters. The van der Waals surface area contributed by atoms with Gasteiger partial charge in [-0.1, -0.05) is 0 Å². The van der Waals surface area contributed by atoms with Crippen molar-refractivity contribution >= 4 is 5.82 Å². The Labute approximate surface area is 66.4 Å². The first-order valence-electron chi connectivity index (χ1n) is 3.68. The lowest BCUT2D eigenvalue weighted by Gasteiger charge is -1.96. The molecule has 0 aliphatic rings. The summed E-state index contributed by atoms with van der Waals surface area (Å²) < 4.78 is 1.83. The van der Waals surface area contributed by atoms with Crippen LogP contribution >= 0.6 is 0 Å². The van der Waals surface area contributed by atoms with Gasteiger partial charge in [-0.15, -0.1) is 0 Å². The molecular formula is C7H14N4. The molecule has 0 saturated heterocycles. The lowest BCUT2D eigenvalue weighted by Crippen LogP contribution is -2.13. The van der Waals surface area contributed by atoms with E-state index in [9.17, 15) is 0 Å². The van der Waals surface area contributed by atoms with Crippen LogP contribution in [0.3, 0.4) is 0 Å². The average molecular weight is 154 g/mol. The minimum Gasteiger partial charge on any atom is -0.367 e. The van der Waals surface area contributed by atoms with Crippen LogP contribution in [0.15, 0.2) is 6.07 Å². The van der Waals surface area contributed by atoms with Crippen molar-refractivity contribution in [1.82, 2.24) is 9.78 Å². The van der Waals surface area contributed by atoms with Gasteiger partial charge in [0.15, 0.2) is 0 Å². The van der Waals surface area contributed by atoms with E-state index >= 15 is 0 Å². The molecule has 0 amide bonds. The Balaban J connectivity index is 2.58. The first kappa shape index (κ1) is 8.07. The predicted molar refractivity (Wildman–Crippen MR) is 45.5 cm³/mol. The topological polar surface area (TPSA) is 55.9 Å². The van der Waals surface area contributed by atoms with E-state index in [-0.39, 0.29) is 0 Å². The third-order valence-electron chi connectivity index (χ3n) is 1.56. The minimum atomic E-state index is 0.635. The number of nitrogens with two attached hydrogens (primary N) is 1. The summed E-state index contributed by atoms with van der Waals surface area (Å²) in [5.41, 5.74) is 6.47. The van der Waals surface area contributed by atoms with Gasteiger partial charge in [0.2, 0.25) is 0 Å². The molecule has 0 aromatic carbocycles. The van der Waals surface area contributed by atoms with Crippen molar-refractivity contribution in [3.05, 3.63) is 11.8 Å². The van der Waals surface area contributed by atoms with Crippen molar-refractivity contribution in [3.63, 3.8) is 0 Å². The van der Waals surface area contributed by atoms with Gasteiger partial charge in [-0.2, -0.15) is 5.10 Å². The third kappa shape index (κ3) is 1.94. The van der Waals surface area contributed by atoms with E-state index < -0.39 is 0 Å². The van der Waals surface area contributed by atoms with Crippen LogP contribution in [-0.4, -0.2) is 22.9 Å². The van der Waals surface area contributed by atoms with Crippen LogP contribution in [0.2, 0.25) is 0 Å². The quantitative estimate of drug-likeness (QED) is 0.649. The monoisotopic (exact) mass is 154 g/mol. The SMILES string of the molecule is Cc1cc(NCCN)nn1C. The molecule has 0 bridgehead atoms. The van der Waals surface area contributed by atoms with E-state index in [1.807, 2.05) is 24.7 Å². The zero-order valence-corrected chi connectivity index (χ0v) is 6.96. The maximum Gasteiger partial charge on any atom is 0.148 e. The Kier molecular flexibility index (Phi) is 2.48. The Hall–Kier alpha value is -1.03. The van der Waals surface area contributed by atoms with Gasteiger partial charge in [-0.3, -0.25) is 4.68 Å². The molecule has 0 aliphatic heterocycles. The molecule has 4 heteroatoms. The van der Waals surface area contributed by atoms with Crippen LogP contribution < -0.4 is 11.1 Å². The molecule has 0 aliphatic carbocycles. The molecule has 3 N–H and O–H groups in total. The molecule has 1 aromatic rings. The molecule has 0 fully saturated rings. The highest BCUT2D eigenvalue weighted by Gasteiger charge is 1.97. The van der Waals surface area contributed by atoms with Crippen molar-refractivity contribution in [2.45, 2.75) is 6.92 Å². The second-order valence-corrected chi connectivity index (χ2v) is 2.51. The molecule has 62 valence electrons. The first-order valence-corrected chi connectivity index (χ1v) is 3.68. The minimum absolute atomic E-state index is 0.635. The van der Waals surface area contributed by atoms with Crippen LogP contribution in [0.5, 0.6) is 0 Å². The van der Waals surface area contributed by atoms with Gasteiger partial charge in [-0.25, -0.2) is 0 Å². The second kappa shape index (κ2) is 3.39. The maximum atomic E-state index is 5.32. The normalized spacial score (nSPS) is 10.1. The highest BCUT2D eigenvalue weighted by molar-refractivity contribution is 5.35. The third-order valence-corrected chi connectivity index (χ3v) is 1.56. The molecule has 4 nitrogen and oxygen atoms in total. The summed E-state index contributed by atoms with van der Waals surface area (Å²) in [6, 6.07) is 2.00. The number of rotatable bonds is 3. The highest BCUT2D eigenvalue weighted by atomic mass is 15.3. The summed E-state index contributed by atoms with van der Waals surface area (Å²) in [6.07, 6.45) is 0. The fourth-order valence-electron chi connectivity index (χ4n) is 0.847. The van der Waals surface area contributed by atoms with Crippen molar-refractivity contribution in [2.24, 2.45) is 12.8 Å². The summed E-state index contributed by atoms with van der Waals surface area (Å²) in [7, 11) is 1.92. The van der Waals surface area contributed by atoms with E-state index in [1.54, 1.807) is 0 Å². The van der Waals surface area contributed by atoms with E-state index in [0.717, 1.165) is 18.1 Å². The van der Waals surface area contributed by atoms with Gasteiger partial charge >= 0.3 is 0 Å². The molecule has 0 spiro atoms. The molecule has 1 aromatic heterocycles. The van der Waals surface area contributed by atoms with E-state index in [1.165, 1.54) is 0 Å². The maximum absolute atomic E-state index is 5.32. The van der Waals surface area contributed by atoms with Gasteiger partial charge in [0, 0.05) is 31.9 Å². The van der Waals surface area contributed by atoms with Crippen molar-refractivity contribution < 1.29 is 0 Å². The molecule has 1 heterocycles. The van der Waals surface area contributed by atoms with Crippen LogP contribution in [0.1, 0.15) is 5.69 Å². The largest absolute Gasteiger partial charge is 0.367 e. The summed E-state index contributed by atoms with van der Waals surface area (Å²) in [5.74, 6) is 0.899. The van der Waals surface area contributed by atoms with Crippen molar-refractivity contribution in [2.75, 3.05) is 18.4 Å². The molecule has 0 atom stereocenters. The van der Waals surface area contributed by atoms with Gasteiger partial charge in [0.05, 0.1) is 0 Å². The Morgan fingerprint density at radius 1 is 1.73 bits per heavy atom. The molecule has 11 heavy (non-hydrogen) atoms. The summed E-state index contributed by atoms with van der Waals surface area (Å²) >= 11 is 0. The predicted octanol–water partition coefficient (Wildman–Crippen LogP) is 0.0991. The highest BCUT2D eigenvalue weighted by Crippen LogP contribution is 2.05. The molecular weight excluding hydrogens is 140 g/mol. The number of anilines is 1. The lowest BCUT2D eigenvalue weighted by molar-refractivity contribution is 0.741. The number of hydrogen-bond acceptors (Lipinski definition) is 3. The fourth-order valence-corrected chi connectivity index (χ4v) is 0.847. The molecule has 0 radical (unpaired) electrons. The van der Waals surface area contributed by atoms with Crippen molar-refractivity contribution in [3.8, 4) is 0 Å². The molecule has 1 rings (SSSR count). The Bertz CT molecular complexity index is 209. The summed E-state index contributed by atoms with van der Waals surface area (Å²) in [6.45, 7) is 3.42. The number of hydrogen-bond donors (Lipinski definition) is 2. The van der Waals surface area contributed by atoms with Crippen LogP contribution in [-0.2, 0) is 7.05 Å². The van der Waals surface area contributed by atoms with Crippen LogP contribution in [0.4, 0.5) is 5.82 Å². The van der Waals surface area contributed by atoms with Crippen molar-refractivity contribution in [1.29, 1.82) is 0 Å². The number of nitrogens with zero attached hydrogens (tertiary/aromatic N) is 2. The zero-order chi connectivity index (χ0) is 8.27. The Morgan fingerprint density at radius 3 is 2.91 bits per heavy atom. The van der Waals surface area contributed by atoms with Gasteiger partial charge in [0.25, 0.3) is 0 Å². The Morgan fingerprint density at radius 2 is 2.45 bits per heavy atom. The fraction of sp³-hybridized carbons (Fsp3) is 0.571. The van der Waals surface area contributed by atoms with Gasteiger partial charge in [0.1, 0.15) is 5.82 Å². The average Bonchev–Trinajstić information content (AvgIpc) is 2.28. The van der Waals surface area contributed by atoms with Gasteiger partial charge < -0.3 is 11.1 Å². The molecule has 0 saturated carbocycles. The van der Waals surface area contributed by atoms with Gasteiger partial charge in [-0.05, 0) is 6.92 Å².